The van der Waals surface area contributed by atoms with Gasteiger partial charge in [-0.2, -0.15) is 4.31 Å². The Hall–Kier alpha value is -1.25. The number of pyridine rings is 1. The van der Waals surface area contributed by atoms with Gasteiger partial charge in [0.25, 0.3) is 5.88 Å². The van der Waals surface area contributed by atoms with Crippen molar-refractivity contribution in [2.24, 2.45) is 0 Å². The van der Waals surface area contributed by atoms with Crippen LogP contribution in [-0.2, 0) is 14.8 Å². The number of halogens is 1. The number of aromatic nitrogens is 1. The van der Waals surface area contributed by atoms with E-state index in [1.165, 1.54) is 22.6 Å². The second-order valence-corrected chi connectivity index (χ2v) is 8.45. The summed E-state index contributed by atoms with van der Waals surface area (Å²) in [6, 6.07) is 2.46. The first-order valence-corrected chi connectivity index (χ1v) is 9.47. The average Bonchev–Trinajstić information content (AvgIpc) is 3.29. The summed E-state index contributed by atoms with van der Waals surface area (Å²) in [6.45, 7) is 0.683. The van der Waals surface area contributed by atoms with Gasteiger partial charge in [-0.25, -0.2) is 17.8 Å². The molecule has 2 bridgehead atoms. The molecule has 23 heavy (non-hydrogen) atoms. The second-order valence-electron chi connectivity index (χ2n) is 6.28. The molecule has 0 aromatic carbocycles. The van der Waals surface area contributed by atoms with E-state index < -0.39 is 21.9 Å². The monoisotopic (exact) mass is 342 g/mol. The van der Waals surface area contributed by atoms with E-state index >= 15 is 0 Å². The molecule has 6 nitrogen and oxygen atoms in total. The molecule has 2 aliphatic carbocycles. The van der Waals surface area contributed by atoms with Crippen LogP contribution in [0.1, 0.15) is 25.7 Å². The highest BCUT2D eigenvalue weighted by Gasteiger charge is 2.51. The molecule has 0 radical (unpaired) electrons. The van der Waals surface area contributed by atoms with Crippen molar-refractivity contribution in [1.29, 1.82) is 0 Å². The average molecular weight is 342 g/mol. The van der Waals surface area contributed by atoms with Gasteiger partial charge in [0.05, 0.1) is 24.0 Å². The molecule has 1 aliphatic heterocycles. The molecule has 126 valence electrons. The third-order valence-electron chi connectivity index (χ3n) is 4.75. The van der Waals surface area contributed by atoms with Crippen LogP contribution < -0.4 is 4.74 Å². The molecule has 0 N–H and O–H groups in total. The van der Waals surface area contributed by atoms with Crippen molar-refractivity contribution < 1.29 is 22.3 Å². The lowest BCUT2D eigenvalue weighted by Crippen LogP contribution is -2.48. The minimum atomic E-state index is -3.32. The van der Waals surface area contributed by atoms with Gasteiger partial charge in [-0.05, 0) is 37.8 Å². The molecule has 4 rings (SSSR count). The molecule has 2 heterocycles. The summed E-state index contributed by atoms with van der Waals surface area (Å²) in [5.74, 6) is -0.642. The first-order chi connectivity index (χ1) is 11.1. The van der Waals surface area contributed by atoms with Gasteiger partial charge < -0.3 is 9.47 Å². The number of hydrogen-bond acceptors (Lipinski definition) is 5. The van der Waals surface area contributed by atoms with Gasteiger partial charge in [-0.1, -0.05) is 0 Å². The minimum Gasteiger partial charge on any atom is -0.468 e. The molecule has 1 aromatic rings. The van der Waals surface area contributed by atoms with E-state index in [9.17, 15) is 12.8 Å². The first-order valence-electron chi connectivity index (χ1n) is 7.97. The number of fused-ring (bicyclic) bond motifs is 2. The molecule has 3 atom stereocenters. The Labute approximate surface area is 134 Å². The Bertz CT molecular complexity index is 694. The quantitative estimate of drug-likeness (QED) is 0.826. The number of rotatable bonds is 4. The fourth-order valence-electron chi connectivity index (χ4n) is 3.47. The lowest BCUT2D eigenvalue weighted by atomic mass is 10.2. The van der Waals surface area contributed by atoms with Gasteiger partial charge in [0, 0.05) is 12.7 Å². The first kappa shape index (κ1) is 15.3. The highest BCUT2D eigenvalue weighted by Crippen LogP contribution is 2.39. The minimum absolute atomic E-state index is 0.0938. The van der Waals surface area contributed by atoms with Crippen LogP contribution in [0.4, 0.5) is 4.39 Å². The van der Waals surface area contributed by atoms with Gasteiger partial charge >= 0.3 is 0 Å². The number of nitrogens with zero attached hydrogens (tertiary/aromatic N) is 2. The Morgan fingerprint density at radius 1 is 1.30 bits per heavy atom. The van der Waals surface area contributed by atoms with Crippen LogP contribution in [-0.4, -0.2) is 54.4 Å². The molecule has 8 heteroatoms. The zero-order valence-corrected chi connectivity index (χ0v) is 13.4. The van der Waals surface area contributed by atoms with Gasteiger partial charge in [0.2, 0.25) is 10.0 Å². The van der Waals surface area contributed by atoms with Crippen molar-refractivity contribution in [2.45, 2.75) is 49.2 Å². The topological polar surface area (TPSA) is 68.7 Å². The molecular weight excluding hydrogens is 323 g/mol. The van der Waals surface area contributed by atoms with Gasteiger partial charge in [-0.15, -0.1) is 0 Å². The van der Waals surface area contributed by atoms with Crippen LogP contribution in [0.15, 0.2) is 18.3 Å². The van der Waals surface area contributed by atoms with Crippen molar-refractivity contribution in [3.63, 3.8) is 0 Å². The zero-order chi connectivity index (χ0) is 16.0. The summed E-state index contributed by atoms with van der Waals surface area (Å²) in [5.41, 5.74) is 0. The summed E-state index contributed by atoms with van der Waals surface area (Å²) in [5, 5.41) is -0.271. The summed E-state index contributed by atoms with van der Waals surface area (Å²) in [7, 11) is -3.32. The van der Waals surface area contributed by atoms with Gasteiger partial charge in [0.1, 0.15) is 6.10 Å². The van der Waals surface area contributed by atoms with Crippen LogP contribution in [0.2, 0.25) is 0 Å². The van der Waals surface area contributed by atoms with Crippen molar-refractivity contribution in [3.05, 3.63) is 24.1 Å². The number of ether oxygens (including phenoxy) is 2. The van der Waals surface area contributed by atoms with Crippen LogP contribution >= 0.6 is 0 Å². The number of sulfonamides is 1. The molecule has 1 aromatic heterocycles. The summed E-state index contributed by atoms with van der Waals surface area (Å²) in [4.78, 5) is 3.91. The maximum atomic E-state index is 13.8. The van der Waals surface area contributed by atoms with Crippen LogP contribution in [0.25, 0.3) is 0 Å². The predicted molar refractivity (Wildman–Crippen MR) is 80.0 cm³/mol. The van der Waals surface area contributed by atoms with Crippen LogP contribution in [0.5, 0.6) is 5.88 Å². The third kappa shape index (κ3) is 2.72. The summed E-state index contributed by atoms with van der Waals surface area (Å²) in [6.07, 6.45) is 3.52. The highest BCUT2D eigenvalue weighted by atomic mass is 32.2. The molecule has 0 amide bonds. The smallest absolute Gasteiger partial charge is 0.250 e. The van der Waals surface area contributed by atoms with Crippen molar-refractivity contribution in [1.82, 2.24) is 9.29 Å². The van der Waals surface area contributed by atoms with Crippen LogP contribution in [0.3, 0.4) is 0 Å². The molecule has 3 aliphatic rings. The van der Waals surface area contributed by atoms with Crippen molar-refractivity contribution in [2.75, 3.05) is 13.2 Å². The SMILES string of the molecule is O=S(=O)(C1CC1)N1CCOC2CCC1C2Oc1ncccc1F. The van der Waals surface area contributed by atoms with Crippen LogP contribution in [0, 0.1) is 5.82 Å². The second kappa shape index (κ2) is 5.68. The number of hydrogen-bond donors (Lipinski definition) is 0. The van der Waals surface area contributed by atoms with E-state index in [-0.39, 0.29) is 23.3 Å². The Kier molecular flexibility index (Phi) is 3.78. The Morgan fingerprint density at radius 2 is 2.13 bits per heavy atom. The summed E-state index contributed by atoms with van der Waals surface area (Å²) >= 11 is 0. The molecule has 3 unspecified atom stereocenters. The predicted octanol–water partition coefficient (Wildman–Crippen LogP) is 1.32. The lowest BCUT2D eigenvalue weighted by molar-refractivity contribution is 0.000676. The molecule has 2 saturated carbocycles. The molecule has 0 spiro atoms. The largest absolute Gasteiger partial charge is 0.468 e. The molecule has 3 fully saturated rings. The maximum Gasteiger partial charge on any atom is 0.250 e. The zero-order valence-electron chi connectivity index (χ0n) is 12.6. The lowest BCUT2D eigenvalue weighted by Gasteiger charge is -2.30. The highest BCUT2D eigenvalue weighted by molar-refractivity contribution is 7.90. The third-order valence-corrected chi connectivity index (χ3v) is 7.17. The fraction of sp³-hybridized carbons (Fsp3) is 0.667. The van der Waals surface area contributed by atoms with E-state index in [0.29, 0.717) is 26.0 Å². The van der Waals surface area contributed by atoms with Gasteiger partial charge in [-0.3, -0.25) is 0 Å². The van der Waals surface area contributed by atoms with Gasteiger partial charge in [0.15, 0.2) is 5.82 Å². The van der Waals surface area contributed by atoms with E-state index in [4.69, 9.17) is 9.47 Å². The Morgan fingerprint density at radius 3 is 2.87 bits per heavy atom. The van der Waals surface area contributed by atoms with E-state index in [1.807, 2.05) is 0 Å². The maximum absolute atomic E-state index is 13.8. The molecule has 1 saturated heterocycles. The fourth-order valence-corrected chi connectivity index (χ4v) is 5.52. The normalized spacial score (nSPS) is 31.8. The van der Waals surface area contributed by atoms with E-state index in [1.54, 1.807) is 0 Å². The summed E-state index contributed by atoms with van der Waals surface area (Å²) < 4.78 is 52.2. The van der Waals surface area contributed by atoms with Crippen molar-refractivity contribution >= 4 is 10.0 Å². The van der Waals surface area contributed by atoms with E-state index in [2.05, 4.69) is 4.98 Å². The standard InChI is InChI=1S/C15H19FN2O4S/c16-11-2-1-7-17-15(11)22-14-12-5-6-13(14)21-9-8-18(12)23(19,20)10-3-4-10/h1-2,7,10,12-14H,3-6,8-9H2. The Balaban J connectivity index is 1.62. The molecular formula is C15H19FN2O4S. The van der Waals surface area contributed by atoms with Crippen molar-refractivity contribution in [3.8, 4) is 5.88 Å². The van der Waals surface area contributed by atoms with E-state index in [0.717, 1.165) is 12.8 Å².